The van der Waals surface area contributed by atoms with Crippen LogP contribution in [0.25, 0.3) is 10.8 Å². The van der Waals surface area contributed by atoms with Crippen LogP contribution in [0.4, 0.5) is 0 Å². The topological polar surface area (TPSA) is 93.3 Å². The van der Waals surface area contributed by atoms with Gasteiger partial charge in [-0.2, -0.15) is 5.10 Å². The second kappa shape index (κ2) is 6.27. The Hall–Kier alpha value is -3.35. The normalized spacial score (nSPS) is 12.3. The maximum Gasteiger partial charge on any atom is 0.272 e. The van der Waals surface area contributed by atoms with Gasteiger partial charge in [0.1, 0.15) is 0 Å². The van der Waals surface area contributed by atoms with E-state index in [0.29, 0.717) is 23.7 Å². The van der Waals surface area contributed by atoms with Gasteiger partial charge in [-0.15, -0.1) is 0 Å². The summed E-state index contributed by atoms with van der Waals surface area (Å²) in [5.41, 5.74) is 0.928. The molecule has 7 nitrogen and oxygen atoms in total. The summed E-state index contributed by atoms with van der Waals surface area (Å²) in [5.74, 6) is 1.13. The summed E-state index contributed by atoms with van der Waals surface area (Å²) < 4.78 is 10.6. The van der Waals surface area contributed by atoms with Gasteiger partial charge in [0, 0.05) is 11.9 Å². The number of fused-ring (bicyclic) bond motifs is 2. The molecule has 4 rings (SSSR count). The first kappa shape index (κ1) is 15.2. The number of nitrogens with zero attached hydrogens (tertiary/aromatic N) is 1. The molecular weight excluding hydrogens is 322 g/mol. The molecule has 2 heterocycles. The summed E-state index contributed by atoms with van der Waals surface area (Å²) in [6.07, 6.45) is 0.643. The van der Waals surface area contributed by atoms with E-state index in [-0.39, 0.29) is 24.0 Å². The lowest BCUT2D eigenvalue weighted by molar-refractivity contribution is 0.0950. The van der Waals surface area contributed by atoms with Crippen LogP contribution in [0.5, 0.6) is 11.5 Å². The van der Waals surface area contributed by atoms with E-state index in [1.54, 1.807) is 24.3 Å². The monoisotopic (exact) mass is 337 g/mol. The number of carbonyl (C=O) groups excluding carboxylic acids is 1. The Bertz CT molecular complexity index is 1010. The van der Waals surface area contributed by atoms with Crippen molar-refractivity contribution in [2.24, 2.45) is 0 Å². The van der Waals surface area contributed by atoms with Crippen molar-refractivity contribution in [1.82, 2.24) is 15.5 Å². The predicted octanol–water partition coefficient (Wildman–Crippen LogP) is 1.62. The number of carbonyl (C=O) groups is 1. The van der Waals surface area contributed by atoms with Gasteiger partial charge in [-0.1, -0.05) is 24.3 Å². The second-order valence-electron chi connectivity index (χ2n) is 5.64. The molecule has 1 aliphatic rings. The molecule has 0 bridgehead atoms. The van der Waals surface area contributed by atoms with Crippen molar-refractivity contribution < 1.29 is 14.3 Å². The Labute approximate surface area is 142 Å². The largest absolute Gasteiger partial charge is 0.454 e. The minimum absolute atomic E-state index is 0.209. The maximum atomic E-state index is 12.4. The minimum Gasteiger partial charge on any atom is -0.454 e. The molecule has 1 aliphatic heterocycles. The molecule has 1 amide bonds. The lowest BCUT2D eigenvalue weighted by Gasteiger charge is -2.07. The summed E-state index contributed by atoms with van der Waals surface area (Å²) >= 11 is 0. The number of amides is 1. The highest BCUT2D eigenvalue weighted by atomic mass is 16.7. The number of aromatic amines is 1. The second-order valence-corrected chi connectivity index (χ2v) is 5.64. The highest BCUT2D eigenvalue weighted by Crippen LogP contribution is 2.32. The van der Waals surface area contributed by atoms with Crippen LogP contribution < -0.4 is 20.3 Å². The number of benzene rings is 2. The molecule has 0 unspecified atom stereocenters. The number of H-pyrrole nitrogens is 1. The molecule has 7 heteroatoms. The zero-order valence-electron chi connectivity index (χ0n) is 13.2. The van der Waals surface area contributed by atoms with Gasteiger partial charge in [0.25, 0.3) is 11.5 Å². The third kappa shape index (κ3) is 2.91. The molecule has 126 valence electrons. The van der Waals surface area contributed by atoms with Crippen LogP contribution in [0, 0.1) is 0 Å². The van der Waals surface area contributed by atoms with E-state index in [1.165, 1.54) is 0 Å². The Morgan fingerprint density at radius 1 is 1.12 bits per heavy atom. The van der Waals surface area contributed by atoms with Crippen molar-refractivity contribution in [2.75, 3.05) is 13.3 Å². The lowest BCUT2D eigenvalue weighted by Crippen LogP contribution is -2.28. The van der Waals surface area contributed by atoms with Crippen LogP contribution in [0.1, 0.15) is 16.1 Å². The average molecular weight is 337 g/mol. The van der Waals surface area contributed by atoms with Gasteiger partial charge < -0.3 is 14.8 Å². The third-order valence-electron chi connectivity index (χ3n) is 4.05. The lowest BCUT2D eigenvalue weighted by atomic mass is 10.1. The van der Waals surface area contributed by atoms with Gasteiger partial charge in [0.15, 0.2) is 17.2 Å². The van der Waals surface area contributed by atoms with Crippen LogP contribution in [-0.4, -0.2) is 29.4 Å². The molecule has 3 aromatic rings. The number of hydrogen-bond acceptors (Lipinski definition) is 5. The van der Waals surface area contributed by atoms with Gasteiger partial charge in [0.2, 0.25) is 6.79 Å². The van der Waals surface area contributed by atoms with Gasteiger partial charge in [0.05, 0.1) is 5.39 Å². The molecular formula is C18H15N3O4. The summed E-state index contributed by atoms with van der Waals surface area (Å²) in [4.78, 5) is 24.2. The van der Waals surface area contributed by atoms with E-state index in [1.807, 2.05) is 18.2 Å². The van der Waals surface area contributed by atoms with Gasteiger partial charge in [-0.3, -0.25) is 9.59 Å². The van der Waals surface area contributed by atoms with E-state index in [0.717, 1.165) is 17.1 Å². The smallest absolute Gasteiger partial charge is 0.272 e. The van der Waals surface area contributed by atoms with E-state index >= 15 is 0 Å². The quantitative estimate of drug-likeness (QED) is 0.755. The van der Waals surface area contributed by atoms with Gasteiger partial charge in [-0.25, -0.2) is 5.10 Å². The fourth-order valence-corrected chi connectivity index (χ4v) is 2.79. The number of hydrogen-bond donors (Lipinski definition) is 2. The molecule has 0 spiro atoms. The molecule has 1 aromatic heterocycles. The highest BCUT2D eigenvalue weighted by Gasteiger charge is 2.15. The minimum atomic E-state index is -0.326. The van der Waals surface area contributed by atoms with Crippen molar-refractivity contribution in [1.29, 1.82) is 0 Å². The van der Waals surface area contributed by atoms with E-state index in [9.17, 15) is 9.59 Å². The van der Waals surface area contributed by atoms with Crippen molar-refractivity contribution in [3.63, 3.8) is 0 Å². The van der Waals surface area contributed by atoms with E-state index in [4.69, 9.17) is 9.47 Å². The SMILES string of the molecule is O=C(NCCc1ccc2c(c1)OCO2)c1n[nH]c(=O)c2ccccc12. The van der Waals surface area contributed by atoms with Crippen LogP contribution >= 0.6 is 0 Å². The van der Waals surface area contributed by atoms with Crippen molar-refractivity contribution in [3.05, 3.63) is 64.1 Å². The first-order chi connectivity index (χ1) is 12.2. The van der Waals surface area contributed by atoms with Gasteiger partial charge >= 0.3 is 0 Å². The van der Waals surface area contributed by atoms with E-state index in [2.05, 4.69) is 15.5 Å². The number of rotatable bonds is 4. The maximum absolute atomic E-state index is 12.4. The Kier molecular flexibility index (Phi) is 3.81. The predicted molar refractivity (Wildman–Crippen MR) is 91.0 cm³/mol. The number of nitrogens with one attached hydrogen (secondary N) is 2. The van der Waals surface area contributed by atoms with Crippen LogP contribution in [0.3, 0.4) is 0 Å². The first-order valence-corrected chi connectivity index (χ1v) is 7.86. The van der Waals surface area contributed by atoms with Gasteiger partial charge in [-0.05, 0) is 30.2 Å². The molecule has 0 radical (unpaired) electrons. The average Bonchev–Trinajstić information content (AvgIpc) is 3.10. The van der Waals surface area contributed by atoms with Crippen LogP contribution in [-0.2, 0) is 6.42 Å². The Morgan fingerprint density at radius 2 is 1.92 bits per heavy atom. The molecule has 0 saturated heterocycles. The van der Waals surface area contributed by atoms with Crippen LogP contribution in [0.15, 0.2) is 47.3 Å². The zero-order chi connectivity index (χ0) is 17.2. The highest BCUT2D eigenvalue weighted by molar-refractivity contribution is 6.04. The Balaban J connectivity index is 1.46. The summed E-state index contributed by atoms with van der Waals surface area (Å²) in [5, 5.41) is 10.1. The molecule has 2 N–H and O–H groups in total. The fourth-order valence-electron chi connectivity index (χ4n) is 2.79. The number of aromatic nitrogens is 2. The summed E-state index contributed by atoms with van der Waals surface area (Å²) in [6.45, 7) is 0.675. The van der Waals surface area contributed by atoms with Crippen molar-refractivity contribution in [3.8, 4) is 11.5 Å². The van der Waals surface area contributed by atoms with Crippen LogP contribution in [0.2, 0.25) is 0 Å². The van der Waals surface area contributed by atoms with Crippen molar-refractivity contribution >= 4 is 16.7 Å². The molecule has 0 atom stereocenters. The molecule has 0 saturated carbocycles. The molecule has 2 aromatic carbocycles. The number of ether oxygens (including phenoxy) is 2. The molecule has 0 fully saturated rings. The molecule has 25 heavy (non-hydrogen) atoms. The zero-order valence-corrected chi connectivity index (χ0v) is 13.2. The first-order valence-electron chi connectivity index (χ1n) is 7.86. The molecule has 0 aliphatic carbocycles. The summed E-state index contributed by atoms with van der Waals surface area (Å²) in [7, 11) is 0. The third-order valence-corrected chi connectivity index (χ3v) is 4.05. The van der Waals surface area contributed by atoms with E-state index < -0.39 is 0 Å². The Morgan fingerprint density at radius 3 is 2.80 bits per heavy atom. The standard InChI is InChI=1S/C18H15N3O4/c22-17-13-4-2-1-3-12(13)16(20-21-17)18(23)19-8-7-11-5-6-14-15(9-11)25-10-24-14/h1-6,9H,7-8,10H2,(H,19,23)(H,21,22). The fraction of sp³-hybridized carbons (Fsp3) is 0.167. The summed E-state index contributed by atoms with van der Waals surface area (Å²) in [6, 6.07) is 12.6. The van der Waals surface area contributed by atoms with Crippen molar-refractivity contribution in [2.45, 2.75) is 6.42 Å².